The van der Waals surface area contributed by atoms with E-state index in [9.17, 15) is 24.3 Å². The van der Waals surface area contributed by atoms with Crippen LogP contribution in [0.4, 0.5) is 0 Å². The van der Waals surface area contributed by atoms with Crippen molar-refractivity contribution >= 4 is 34.6 Å². The molecule has 3 aromatic rings. The predicted octanol–water partition coefficient (Wildman–Crippen LogP) is 4.94. The van der Waals surface area contributed by atoms with Crippen molar-refractivity contribution in [1.29, 1.82) is 0 Å². The number of phenolic OH excluding ortho intramolecular Hbond substituents is 1. The Labute approximate surface area is 270 Å². The number of carbonyl (C=O) groups is 4. The molecule has 46 heavy (non-hydrogen) atoms. The maximum atomic E-state index is 14.2. The summed E-state index contributed by atoms with van der Waals surface area (Å²) in [5, 5.41) is 16.7. The molecule has 1 aromatic heterocycles. The molecule has 0 saturated heterocycles. The largest absolute Gasteiger partial charge is 0.508 e. The first-order valence-corrected chi connectivity index (χ1v) is 16.0. The minimum absolute atomic E-state index is 0.0489. The van der Waals surface area contributed by atoms with Crippen molar-refractivity contribution in [1.82, 2.24) is 20.5 Å². The maximum absolute atomic E-state index is 14.2. The average Bonchev–Trinajstić information content (AvgIpc) is 3.43. The Bertz CT molecular complexity index is 1580. The van der Waals surface area contributed by atoms with Crippen LogP contribution in [0.25, 0.3) is 10.9 Å². The number of rotatable bonds is 4. The molecule has 4 rings (SSSR count). The van der Waals surface area contributed by atoms with Crippen molar-refractivity contribution < 1.29 is 29.0 Å². The van der Waals surface area contributed by atoms with Gasteiger partial charge in [0.05, 0.1) is 12.5 Å². The first-order chi connectivity index (χ1) is 21.9. The molecule has 1 aliphatic heterocycles. The molecule has 1 aliphatic rings. The van der Waals surface area contributed by atoms with Crippen molar-refractivity contribution in [2.45, 2.75) is 84.5 Å². The molecule has 10 nitrogen and oxygen atoms in total. The molecule has 4 N–H and O–H groups in total. The van der Waals surface area contributed by atoms with Gasteiger partial charge >= 0.3 is 5.97 Å². The molecular formula is C36H46N4O6. The van der Waals surface area contributed by atoms with E-state index in [0.717, 1.165) is 22.0 Å². The van der Waals surface area contributed by atoms with Gasteiger partial charge in [-0.15, -0.1) is 0 Å². The fourth-order valence-corrected chi connectivity index (χ4v) is 6.16. The molecular weight excluding hydrogens is 584 g/mol. The van der Waals surface area contributed by atoms with E-state index in [1.54, 1.807) is 26.1 Å². The van der Waals surface area contributed by atoms with Gasteiger partial charge < -0.3 is 30.4 Å². The zero-order chi connectivity index (χ0) is 33.5. The number of aromatic amines is 1. The van der Waals surface area contributed by atoms with E-state index in [1.807, 2.05) is 64.2 Å². The molecule has 0 spiro atoms. The number of benzene rings is 2. The highest BCUT2D eigenvalue weighted by atomic mass is 16.5. The number of H-pyrrole nitrogens is 1. The number of amides is 3. The van der Waals surface area contributed by atoms with Crippen LogP contribution in [0.5, 0.6) is 5.75 Å². The van der Waals surface area contributed by atoms with Gasteiger partial charge in [-0.05, 0) is 56.0 Å². The number of aromatic nitrogens is 1. The van der Waals surface area contributed by atoms with Crippen LogP contribution in [0.1, 0.15) is 71.0 Å². The van der Waals surface area contributed by atoms with Crippen LogP contribution in [0.3, 0.4) is 0 Å². The SMILES string of the molecule is CC[C@H]1OC(=O)C[C@H](c2ccc(O)cc2)NC(=O)[C@@H](Cc2c[nH]c3ccccc23)N(C)C(=O)[C@H](C)NC(=O)[C@@H](C)C/C(C)=C/[C@H]1C. The molecule has 0 bridgehead atoms. The molecule has 246 valence electrons. The lowest BCUT2D eigenvalue weighted by atomic mass is 9.94. The summed E-state index contributed by atoms with van der Waals surface area (Å²) in [5.41, 5.74) is 3.32. The van der Waals surface area contributed by atoms with Gasteiger partial charge in [0.1, 0.15) is 23.9 Å². The van der Waals surface area contributed by atoms with Crippen LogP contribution in [0, 0.1) is 11.8 Å². The second kappa shape index (κ2) is 15.1. The minimum Gasteiger partial charge on any atom is -0.508 e. The second-order valence-electron chi connectivity index (χ2n) is 12.5. The van der Waals surface area contributed by atoms with Crippen LogP contribution >= 0.6 is 0 Å². The number of fused-ring (bicyclic) bond motifs is 1. The molecule has 6 atom stereocenters. The number of carbonyl (C=O) groups excluding carboxylic acids is 4. The van der Waals surface area contributed by atoms with Gasteiger partial charge in [0.2, 0.25) is 17.7 Å². The fourth-order valence-electron chi connectivity index (χ4n) is 6.16. The Morgan fingerprint density at radius 1 is 0.935 bits per heavy atom. The van der Waals surface area contributed by atoms with Crippen LogP contribution in [0.2, 0.25) is 0 Å². The maximum Gasteiger partial charge on any atom is 0.308 e. The minimum atomic E-state index is -0.980. The Hall–Kier alpha value is -4.60. The first-order valence-electron chi connectivity index (χ1n) is 16.0. The summed E-state index contributed by atoms with van der Waals surface area (Å²) < 4.78 is 5.94. The van der Waals surface area contributed by atoms with Gasteiger partial charge in [0.15, 0.2) is 0 Å². The van der Waals surface area contributed by atoms with Gasteiger partial charge in [0, 0.05) is 42.4 Å². The third kappa shape index (κ3) is 8.35. The lowest BCUT2D eigenvalue weighted by Gasteiger charge is -2.32. The van der Waals surface area contributed by atoms with E-state index in [1.165, 1.54) is 17.0 Å². The lowest BCUT2D eigenvalue weighted by molar-refractivity contribution is -0.152. The molecule has 0 aliphatic carbocycles. The van der Waals surface area contributed by atoms with Crippen molar-refractivity contribution in [2.24, 2.45) is 11.8 Å². The van der Waals surface area contributed by atoms with Crippen molar-refractivity contribution in [3.63, 3.8) is 0 Å². The third-order valence-corrected chi connectivity index (χ3v) is 8.81. The second-order valence-corrected chi connectivity index (χ2v) is 12.5. The summed E-state index contributed by atoms with van der Waals surface area (Å²) in [6.07, 6.45) is 4.53. The van der Waals surface area contributed by atoms with E-state index in [0.29, 0.717) is 18.4 Å². The van der Waals surface area contributed by atoms with Crippen molar-refractivity contribution in [2.75, 3.05) is 7.05 Å². The number of hydrogen-bond donors (Lipinski definition) is 4. The fraction of sp³-hybridized carbons (Fsp3) is 0.444. The number of allylic oxidation sites excluding steroid dienone is 1. The Kier molecular flexibility index (Phi) is 11.3. The number of phenols is 1. The summed E-state index contributed by atoms with van der Waals surface area (Å²) in [6.45, 7) is 9.29. The Morgan fingerprint density at radius 3 is 2.33 bits per heavy atom. The third-order valence-electron chi connectivity index (χ3n) is 8.81. The van der Waals surface area contributed by atoms with Crippen LogP contribution in [-0.2, 0) is 30.3 Å². The van der Waals surface area contributed by atoms with E-state index >= 15 is 0 Å². The Balaban J connectivity index is 1.74. The topological polar surface area (TPSA) is 141 Å². The van der Waals surface area contributed by atoms with E-state index < -0.39 is 47.9 Å². The van der Waals surface area contributed by atoms with Crippen molar-refractivity contribution in [3.05, 3.63) is 77.5 Å². The number of para-hydroxylation sites is 1. The zero-order valence-electron chi connectivity index (χ0n) is 27.5. The number of nitrogens with one attached hydrogen (secondary N) is 3. The smallest absolute Gasteiger partial charge is 0.308 e. The standard InChI is InChI=1S/C36H46N4O6/c1-7-32-22(3)16-21(2)17-23(4)34(43)38-24(5)36(45)40(6)31(18-26-20-37-29-11-9-8-10-28(26)29)35(44)39-30(19-33(42)46-32)25-12-14-27(41)15-13-25/h8-16,20,22-24,30-32,37,41H,7,17-19H2,1-6H3,(H,38,43)(H,39,44)/b21-16+/t22-,23+,24+,30-,31-,32-/m1/s1. The molecule has 0 unspecified atom stereocenters. The quantitative estimate of drug-likeness (QED) is 0.238. The zero-order valence-corrected chi connectivity index (χ0v) is 27.5. The summed E-state index contributed by atoms with van der Waals surface area (Å²) in [4.78, 5) is 59.1. The highest BCUT2D eigenvalue weighted by Crippen LogP contribution is 2.26. The highest BCUT2D eigenvalue weighted by molar-refractivity contribution is 5.93. The van der Waals surface area contributed by atoms with Gasteiger partial charge in [-0.3, -0.25) is 19.2 Å². The summed E-state index contributed by atoms with van der Waals surface area (Å²) in [6, 6.07) is 11.3. The van der Waals surface area contributed by atoms with Crippen LogP contribution < -0.4 is 10.6 Å². The Morgan fingerprint density at radius 2 is 1.63 bits per heavy atom. The molecule has 0 fully saturated rings. The molecule has 0 saturated carbocycles. The number of esters is 1. The number of hydrogen-bond acceptors (Lipinski definition) is 6. The number of cyclic esters (lactones) is 1. The summed E-state index contributed by atoms with van der Waals surface area (Å²) in [7, 11) is 1.55. The van der Waals surface area contributed by atoms with E-state index in [4.69, 9.17) is 4.74 Å². The van der Waals surface area contributed by atoms with Gasteiger partial charge in [-0.2, -0.15) is 0 Å². The lowest BCUT2D eigenvalue weighted by Crippen LogP contribution is -2.55. The molecule has 2 heterocycles. The van der Waals surface area contributed by atoms with Crippen molar-refractivity contribution in [3.8, 4) is 5.75 Å². The number of nitrogens with zero attached hydrogens (tertiary/aromatic N) is 1. The highest BCUT2D eigenvalue weighted by Gasteiger charge is 2.34. The number of ether oxygens (including phenoxy) is 1. The van der Waals surface area contributed by atoms with E-state index in [-0.39, 0.29) is 30.4 Å². The van der Waals surface area contributed by atoms with Crippen LogP contribution in [-0.4, -0.2) is 63.9 Å². The van der Waals surface area contributed by atoms with Crippen LogP contribution in [0.15, 0.2) is 66.4 Å². The first kappa shape index (κ1) is 34.3. The average molecular weight is 631 g/mol. The number of likely N-dealkylation sites (N-methyl/N-ethyl adjacent to an activating group) is 1. The van der Waals surface area contributed by atoms with Gasteiger partial charge in [0.25, 0.3) is 0 Å². The molecule has 3 amide bonds. The number of aromatic hydroxyl groups is 1. The summed E-state index contributed by atoms with van der Waals surface area (Å²) in [5.74, 6) is -2.11. The monoisotopic (exact) mass is 630 g/mol. The molecule has 10 heteroatoms. The van der Waals surface area contributed by atoms with Gasteiger partial charge in [-0.1, -0.05) is 62.8 Å². The summed E-state index contributed by atoms with van der Waals surface area (Å²) >= 11 is 0. The molecule has 2 aromatic carbocycles. The van der Waals surface area contributed by atoms with E-state index in [2.05, 4.69) is 15.6 Å². The predicted molar refractivity (Wildman–Crippen MR) is 177 cm³/mol. The van der Waals surface area contributed by atoms with Gasteiger partial charge in [-0.25, -0.2) is 0 Å². The molecule has 0 radical (unpaired) electrons. The normalized spacial score (nSPS) is 27.2.